The number of nitrogens with zero attached hydrogens (tertiary/aromatic N) is 1. The van der Waals surface area contributed by atoms with Gasteiger partial charge in [-0.1, -0.05) is 39.4 Å². The number of nitrogens with one attached hydrogen (secondary N) is 1. The number of amides is 2. The Morgan fingerprint density at radius 1 is 1.12 bits per heavy atom. The summed E-state index contributed by atoms with van der Waals surface area (Å²) in [5.74, 6) is -1.92. The molecule has 2 aliphatic heterocycles. The van der Waals surface area contributed by atoms with Crippen LogP contribution >= 0.6 is 39.0 Å². The molecule has 0 unspecified atom stereocenters. The molecule has 6 rings (SSSR count). The predicted molar refractivity (Wildman–Crippen MR) is 122 cm³/mol. The van der Waals surface area contributed by atoms with E-state index in [2.05, 4.69) is 33.0 Å². The summed E-state index contributed by atoms with van der Waals surface area (Å²) in [5, 5.41) is 10.1. The average molecular weight is 535 g/mol. The molecule has 3 fully saturated rings. The number of carbonyl (C=O) groups is 3. The zero-order valence-corrected chi connectivity index (χ0v) is 19.9. The smallest absolute Gasteiger partial charge is 0.305 e. The van der Waals surface area contributed by atoms with Gasteiger partial charge in [0.25, 0.3) is 0 Å². The molecule has 1 saturated heterocycles. The van der Waals surface area contributed by atoms with E-state index in [1.54, 1.807) is 11.8 Å². The molecule has 1 aromatic heterocycles. The largest absolute Gasteiger partial charge is 0.481 e. The molecular formula is C22H19BrN2O5S2. The number of thioether (sulfide) groups is 1. The maximum Gasteiger partial charge on any atom is 0.305 e. The first kappa shape index (κ1) is 20.7. The molecule has 4 aliphatic rings. The molecule has 2 saturated carbocycles. The zero-order chi connectivity index (χ0) is 22.3. The van der Waals surface area contributed by atoms with Crippen LogP contribution in [0.15, 0.2) is 38.6 Å². The summed E-state index contributed by atoms with van der Waals surface area (Å²) in [7, 11) is 0. The van der Waals surface area contributed by atoms with Crippen molar-refractivity contribution in [2.45, 2.75) is 29.0 Å². The number of hydrogen-bond acceptors (Lipinski definition) is 6. The number of H-pyrrole nitrogens is 1. The highest BCUT2D eigenvalue weighted by molar-refractivity contribution is 9.10. The Balaban J connectivity index is 1.41. The van der Waals surface area contributed by atoms with Crippen molar-refractivity contribution in [2.75, 3.05) is 6.54 Å². The topological polar surface area (TPSA) is 108 Å². The van der Waals surface area contributed by atoms with Gasteiger partial charge in [-0.05, 0) is 41.9 Å². The summed E-state index contributed by atoms with van der Waals surface area (Å²) in [6, 6.07) is 8.13. The fraction of sp³-hybridized carbons (Fsp3) is 0.455. The first-order valence-corrected chi connectivity index (χ1v) is 13.1. The van der Waals surface area contributed by atoms with Gasteiger partial charge in [0.2, 0.25) is 11.8 Å². The normalized spacial score (nSPS) is 34.5. The van der Waals surface area contributed by atoms with E-state index in [4.69, 9.17) is 5.11 Å². The molecule has 2 aliphatic carbocycles. The van der Waals surface area contributed by atoms with E-state index in [1.807, 2.05) is 12.1 Å². The summed E-state index contributed by atoms with van der Waals surface area (Å²) in [5.41, 5.74) is 1.11. The number of benzene rings is 1. The number of aromatic nitrogens is 1. The van der Waals surface area contributed by atoms with Crippen LogP contribution in [0.4, 0.5) is 0 Å². The van der Waals surface area contributed by atoms with Gasteiger partial charge in [0, 0.05) is 27.1 Å². The van der Waals surface area contributed by atoms with E-state index in [-0.39, 0.29) is 70.4 Å². The minimum Gasteiger partial charge on any atom is -0.481 e. The van der Waals surface area contributed by atoms with E-state index in [1.165, 1.54) is 16.2 Å². The van der Waals surface area contributed by atoms with Crippen molar-refractivity contribution < 1.29 is 19.5 Å². The molecule has 3 heterocycles. The highest BCUT2D eigenvalue weighted by Gasteiger charge is 2.69. The van der Waals surface area contributed by atoms with Crippen LogP contribution in [0.1, 0.15) is 29.2 Å². The van der Waals surface area contributed by atoms with E-state index in [0.717, 1.165) is 26.4 Å². The first-order chi connectivity index (χ1) is 15.3. The second-order valence-corrected chi connectivity index (χ2v) is 12.1. The Bertz CT molecular complexity index is 1210. The zero-order valence-electron chi connectivity index (χ0n) is 16.7. The summed E-state index contributed by atoms with van der Waals surface area (Å²) in [6.45, 7) is -0.0568. The number of aromatic amines is 1. The fourth-order valence-electron chi connectivity index (χ4n) is 6.55. The van der Waals surface area contributed by atoms with Gasteiger partial charge in [-0.2, -0.15) is 0 Å². The van der Waals surface area contributed by atoms with E-state index >= 15 is 0 Å². The van der Waals surface area contributed by atoms with Crippen LogP contribution < -0.4 is 4.87 Å². The van der Waals surface area contributed by atoms with Crippen LogP contribution in [0.25, 0.3) is 0 Å². The lowest BCUT2D eigenvalue weighted by molar-refractivity contribution is -0.142. The van der Waals surface area contributed by atoms with Crippen LogP contribution in [-0.4, -0.2) is 44.6 Å². The molecule has 7 nitrogen and oxygen atoms in total. The average Bonchev–Trinajstić information content (AvgIpc) is 3.47. The van der Waals surface area contributed by atoms with E-state index in [0.29, 0.717) is 0 Å². The summed E-state index contributed by atoms with van der Waals surface area (Å²) in [6.07, 6.45) is 0.599. The van der Waals surface area contributed by atoms with Crippen molar-refractivity contribution >= 4 is 56.8 Å². The summed E-state index contributed by atoms with van der Waals surface area (Å²) < 4.78 is 0.976. The van der Waals surface area contributed by atoms with Gasteiger partial charge in [0.1, 0.15) is 0 Å². The predicted octanol–water partition coefficient (Wildman–Crippen LogP) is 3.15. The van der Waals surface area contributed by atoms with Crippen molar-refractivity contribution in [3.05, 3.63) is 48.8 Å². The van der Waals surface area contributed by atoms with Crippen molar-refractivity contribution in [2.24, 2.45) is 29.6 Å². The van der Waals surface area contributed by atoms with E-state index in [9.17, 15) is 19.2 Å². The van der Waals surface area contributed by atoms with Gasteiger partial charge in [0.15, 0.2) is 0 Å². The van der Waals surface area contributed by atoms with Gasteiger partial charge in [-0.25, -0.2) is 0 Å². The van der Waals surface area contributed by atoms with Gasteiger partial charge >= 0.3 is 10.8 Å². The Labute approximate surface area is 199 Å². The number of aliphatic carboxylic acids is 1. The van der Waals surface area contributed by atoms with Crippen LogP contribution in [-0.2, 0) is 14.4 Å². The van der Waals surface area contributed by atoms with Gasteiger partial charge in [0.05, 0.1) is 23.3 Å². The number of thiazole rings is 1. The standard InChI is InChI=1S/C22H19BrN2O5S2/c23-9-3-1-8(2-4-9)13-14-10-7-11(17(14)31-19-18(13)32-22(30)24-19)16-15(10)20(28)25(21(16)29)6-5-12(26)27/h1-4,10-11,13-17H,5-7H2,(H,24,30)(H,26,27)/t10-,11+,13-,14+,15+,16+,17+/m0/s1. The highest BCUT2D eigenvalue weighted by Crippen LogP contribution is 2.68. The molecule has 2 N–H and O–H groups in total. The highest BCUT2D eigenvalue weighted by atomic mass is 79.9. The number of carbonyl (C=O) groups excluding carboxylic acids is 2. The second kappa shape index (κ2) is 7.30. The maximum atomic E-state index is 13.3. The maximum absolute atomic E-state index is 13.3. The molecule has 10 heteroatoms. The molecule has 2 aromatic rings. The number of imide groups is 1. The quantitative estimate of drug-likeness (QED) is 0.583. The lowest BCUT2D eigenvalue weighted by Gasteiger charge is -2.43. The SMILES string of the molecule is O=C(O)CCN1C(=O)[C@@H]2[C@H]3C[C@@H]([C@H]4Sc5[nH]c(=O)sc5[C@@H](c5ccc(Br)cc5)[C@@H]34)[C@H]2C1=O. The number of carboxylic acids is 1. The van der Waals surface area contributed by atoms with Crippen LogP contribution in [0.2, 0.25) is 0 Å². The summed E-state index contributed by atoms with van der Waals surface area (Å²) >= 11 is 6.39. The Morgan fingerprint density at radius 3 is 2.50 bits per heavy atom. The fourth-order valence-corrected chi connectivity index (χ4v) is 9.70. The molecule has 166 valence electrons. The van der Waals surface area contributed by atoms with Gasteiger partial charge < -0.3 is 10.1 Å². The number of rotatable bonds is 4. The Hall–Kier alpha value is -1.91. The van der Waals surface area contributed by atoms with Crippen LogP contribution in [0.5, 0.6) is 0 Å². The minimum absolute atomic E-state index is 0.000205. The minimum atomic E-state index is -1.02. The lowest BCUT2D eigenvalue weighted by Crippen LogP contribution is -2.42. The third-order valence-electron chi connectivity index (χ3n) is 7.59. The molecule has 0 radical (unpaired) electrons. The summed E-state index contributed by atoms with van der Waals surface area (Å²) in [4.78, 5) is 54.8. The molecule has 2 bridgehead atoms. The molecule has 1 aromatic carbocycles. The second-order valence-electron chi connectivity index (χ2n) is 8.98. The molecule has 32 heavy (non-hydrogen) atoms. The molecule has 2 amide bonds. The van der Waals surface area contributed by atoms with Crippen molar-refractivity contribution in [3.63, 3.8) is 0 Å². The third kappa shape index (κ3) is 2.85. The van der Waals surface area contributed by atoms with Crippen molar-refractivity contribution in [1.29, 1.82) is 0 Å². The van der Waals surface area contributed by atoms with Gasteiger partial charge in [-0.3, -0.25) is 24.1 Å². The number of fused-ring (bicyclic) bond motifs is 9. The van der Waals surface area contributed by atoms with E-state index < -0.39 is 5.97 Å². The van der Waals surface area contributed by atoms with Crippen LogP contribution in [0.3, 0.4) is 0 Å². The lowest BCUT2D eigenvalue weighted by atomic mass is 9.68. The number of likely N-dealkylation sites (tertiary alicyclic amines) is 1. The Kier molecular flexibility index (Phi) is 4.71. The monoisotopic (exact) mass is 534 g/mol. The van der Waals surface area contributed by atoms with Gasteiger partial charge in [-0.15, -0.1) is 11.8 Å². The first-order valence-electron chi connectivity index (χ1n) is 10.6. The van der Waals surface area contributed by atoms with Crippen LogP contribution in [0, 0.1) is 29.6 Å². The Morgan fingerprint density at radius 2 is 1.81 bits per heavy atom. The number of hydrogen-bond donors (Lipinski definition) is 2. The molecule has 0 spiro atoms. The number of carboxylic acid groups (broad SMARTS) is 1. The third-order valence-corrected chi connectivity index (χ3v) is 10.7. The molecule has 7 atom stereocenters. The molecular weight excluding hydrogens is 516 g/mol. The van der Waals surface area contributed by atoms with Crippen molar-refractivity contribution in [3.8, 4) is 0 Å². The van der Waals surface area contributed by atoms with Crippen molar-refractivity contribution in [1.82, 2.24) is 9.88 Å². The number of halogens is 1.